The highest BCUT2D eigenvalue weighted by molar-refractivity contribution is 7.99. The van der Waals surface area contributed by atoms with Crippen molar-refractivity contribution in [1.82, 2.24) is 10.6 Å². The van der Waals surface area contributed by atoms with Crippen molar-refractivity contribution < 1.29 is 9.53 Å². The molecule has 1 amide bonds. The zero-order chi connectivity index (χ0) is 11.2. The number of hydrogen-bond acceptors (Lipinski definition) is 4. The first-order valence-corrected chi connectivity index (χ1v) is 7.22. The van der Waals surface area contributed by atoms with Crippen molar-refractivity contribution in [3.8, 4) is 0 Å². The van der Waals surface area contributed by atoms with Gasteiger partial charge in [0.2, 0.25) is 5.91 Å². The van der Waals surface area contributed by atoms with Crippen molar-refractivity contribution in [1.29, 1.82) is 0 Å². The molecule has 16 heavy (non-hydrogen) atoms. The van der Waals surface area contributed by atoms with Gasteiger partial charge in [0.15, 0.2) is 0 Å². The van der Waals surface area contributed by atoms with Gasteiger partial charge >= 0.3 is 0 Å². The maximum absolute atomic E-state index is 11.7. The van der Waals surface area contributed by atoms with Gasteiger partial charge in [-0.1, -0.05) is 0 Å². The highest BCUT2D eigenvalue weighted by atomic mass is 32.2. The number of carbonyl (C=O) groups is 1. The predicted octanol–water partition coefficient (Wildman–Crippen LogP) is 0.377. The van der Waals surface area contributed by atoms with E-state index in [9.17, 15) is 4.79 Å². The SMILES string of the molecule is O=C(NCCC1CCCO1)C1CSCCN1. The summed E-state index contributed by atoms with van der Waals surface area (Å²) < 4.78 is 5.51. The van der Waals surface area contributed by atoms with Gasteiger partial charge in [-0.15, -0.1) is 0 Å². The summed E-state index contributed by atoms with van der Waals surface area (Å²) in [6, 6.07) is 0.00301. The molecule has 0 saturated carbocycles. The average molecular weight is 244 g/mol. The third kappa shape index (κ3) is 3.64. The van der Waals surface area contributed by atoms with Crippen molar-refractivity contribution in [3.63, 3.8) is 0 Å². The zero-order valence-electron chi connectivity index (χ0n) is 9.54. The molecule has 5 heteroatoms. The van der Waals surface area contributed by atoms with Crippen LogP contribution in [0.3, 0.4) is 0 Å². The van der Waals surface area contributed by atoms with E-state index >= 15 is 0 Å². The van der Waals surface area contributed by atoms with Gasteiger partial charge in [0.25, 0.3) is 0 Å². The molecule has 2 saturated heterocycles. The normalized spacial score (nSPS) is 30.2. The third-order valence-corrected chi connectivity index (χ3v) is 4.09. The van der Waals surface area contributed by atoms with Crippen LogP contribution in [-0.4, -0.2) is 49.3 Å². The smallest absolute Gasteiger partial charge is 0.237 e. The summed E-state index contributed by atoms with van der Waals surface area (Å²) in [5.41, 5.74) is 0. The number of nitrogens with one attached hydrogen (secondary N) is 2. The average Bonchev–Trinajstić information content (AvgIpc) is 2.83. The van der Waals surface area contributed by atoms with E-state index in [2.05, 4.69) is 10.6 Å². The summed E-state index contributed by atoms with van der Waals surface area (Å²) in [6.45, 7) is 2.57. The number of ether oxygens (including phenoxy) is 1. The van der Waals surface area contributed by atoms with Crippen LogP contribution in [0.4, 0.5) is 0 Å². The maximum atomic E-state index is 11.7. The molecule has 2 atom stereocenters. The van der Waals surface area contributed by atoms with E-state index in [-0.39, 0.29) is 11.9 Å². The molecule has 2 rings (SSSR count). The Morgan fingerprint density at radius 1 is 1.56 bits per heavy atom. The number of rotatable bonds is 4. The Morgan fingerprint density at radius 2 is 2.50 bits per heavy atom. The molecule has 0 aromatic heterocycles. The molecule has 0 aromatic rings. The standard InChI is InChI=1S/C11H20N2O2S/c14-11(10-8-16-7-5-12-10)13-4-3-9-2-1-6-15-9/h9-10,12H,1-8H2,(H,13,14). The number of hydrogen-bond donors (Lipinski definition) is 2. The second-order valence-electron chi connectivity index (χ2n) is 4.30. The van der Waals surface area contributed by atoms with Crippen LogP contribution in [0.2, 0.25) is 0 Å². The fourth-order valence-electron chi connectivity index (χ4n) is 2.09. The van der Waals surface area contributed by atoms with E-state index in [0.717, 1.165) is 44.0 Å². The monoisotopic (exact) mass is 244 g/mol. The summed E-state index contributed by atoms with van der Waals surface area (Å²) in [5.74, 6) is 2.15. The first-order chi connectivity index (χ1) is 7.86. The van der Waals surface area contributed by atoms with Crippen molar-refractivity contribution >= 4 is 17.7 Å². The Bertz CT molecular complexity index is 226. The van der Waals surface area contributed by atoms with E-state index in [4.69, 9.17) is 4.74 Å². The minimum atomic E-state index is 0.00301. The summed E-state index contributed by atoms with van der Waals surface area (Å²) in [5, 5.41) is 6.22. The van der Waals surface area contributed by atoms with Gasteiger partial charge in [0.1, 0.15) is 0 Å². The minimum absolute atomic E-state index is 0.00301. The maximum Gasteiger partial charge on any atom is 0.237 e. The molecule has 2 heterocycles. The second kappa shape index (κ2) is 6.47. The van der Waals surface area contributed by atoms with Gasteiger partial charge in [-0.05, 0) is 19.3 Å². The lowest BCUT2D eigenvalue weighted by Crippen LogP contribution is -2.49. The molecule has 0 aliphatic carbocycles. The van der Waals surface area contributed by atoms with Gasteiger partial charge in [-0.2, -0.15) is 11.8 Å². The Morgan fingerprint density at radius 3 is 3.19 bits per heavy atom. The third-order valence-electron chi connectivity index (χ3n) is 3.03. The molecule has 2 aliphatic rings. The largest absolute Gasteiger partial charge is 0.378 e. The quantitative estimate of drug-likeness (QED) is 0.750. The van der Waals surface area contributed by atoms with Crippen LogP contribution < -0.4 is 10.6 Å². The number of amides is 1. The van der Waals surface area contributed by atoms with Gasteiger partial charge < -0.3 is 15.4 Å². The Balaban J connectivity index is 1.59. The fourth-order valence-corrected chi connectivity index (χ4v) is 3.02. The first kappa shape index (κ1) is 12.2. The van der Waals surface area contributed by atoms with Crippen LogP contribution in [0.15, 0.2) is 0 Å². The summed E-state index contributed by atoms with van der Waals surface area (Å²) in [7, 11) is 0. The van der Waals surface area contributed by atoms with Crippen molar-refractivity contribution in [2.24, 2.45) is 0 Å². The lowest BCUT2D eigenvalue weighted by Gasteiger charge is -2.22. The van der Waals surface area contributed by atoms with Gasteiger partial charge in [0.05, 0.1) is 12.1 Å². The van der Waals surface area contributed by atoms with Crippen molar-refractivity contribution in [3.05, 3.63) is 0 Å². The molecule has 0 bridgehead atoms. The van der Waals surface area contributed by atoms with E-state index in [1.165, 1.54) is 6.42 Å². The van der Waals surface area contributed by atoms with Crippen LogP contribution in [0.25, 0.3) is 0 Å². The van der Waals surface area contributed by atoms with E-state index in [1.54, 1.807) is 0 Å². The lowest BCUT2D eigenvalue weighted by atomic mass is 10.2. The van der Waals surface area contributed by atoms with Crippen LogP contribution in [0, 0.1) is 0 Å². The lowest BCUT2D eigenvalue weighted by molar-refractivity contribution is -0.122. The molecule has 4 nitrogen and oxygen atoms in total. The highest BCUT2D eigenvalue weighted by Gasteiger charge is 2.21. The summed E-state index contributed by atoms with van der Waals surface area (Å²) >= 11 is 1.84. The molecule has 2 fully saturated rings. The van der Waals surface area contributed by atoms with Gasteiger partial charge in [-0.25, -0.2) is 0 Å². The van der Waals surface area contributed by atoms with Crippen LogP contribution in [0.5, 0.6) is 0 Å². The molecule has 0 spiro atoms. The topological polar surface area (TPSA) is 50.4 Å². The highest BCUT2D eigenvalue weighted by Crippen LogP contribution is 2.14. The molecular formula is C11H20N2O2S. The Labute approximate surface area is 101 Å². The van der Waals surface area contributed by atoms with E-state index in [1.807, 2.05) is 11.8 Å². The molecule has 0 radical (unpaired) electrons. The van der Waals surface area contributed by atoms with Crippen molar-refractivity contribution in [2.45, 2.75) is 31.4 Å². The second-order valence-corrected chi connectivity index (χ2v) is 5.45. The number of thioether (sulfide) groups is 1. The Hall–Kier alpha value is -0.260. The molecular weight excluding hydrogens is 224 g/mol. The van der Waals surface area contributed by atoms with Crippen LogP contribution in [-0.2, 0) is 9.53 Å². The molecule has 2 aliphatic heterocycles. The molecule has 2 unspecified atom stereocenters. The Kier molecular flexibility index (Phi) is 4.93. The van der Waals surface area contributed by atoms with E-state index in [0.29, 0.717) is 6.10 Å². The molecule has 0 aromatic carbocycles. The van der Waals surface area contributed by atoms with Crippen molar-refractivity contribution in [2.75, 3.05) is 31.2 Å². The molecule has 92 valence electrons. The first-order valence-electron chi connectivity index (χ1n) is 6.07. The fraction of sp³-hybridized carbons (Fsp3) is 0.909. The predicted molar refractivity (Wildman–Crippen MR) is 65.7 cm³/mol. The molecule has 2 N–H and O–H groups in total. The summed E-state index contributed by atoms with van der Waals surface area (Å²) in [4.78, 5) is 11.7. The zero-order valence-corrected chi connectivity index (χ0v) is 10.4. The van der Waals surface area contributed by atoms with Crippen LogP contribution in [0.1, 0.15) is 19.3 Å². The van der Waals surface area contributed by atoms with Gasteiger partial charge in [-0.3, -0.25) is 4.79 Å². The summed E-state index contributed by atoms with van der Waals surface area (Å²) in [6.07, 6.45) is 3.63. The van der Waals surface area contributed by atoms with E-state index < -0.39 is 0 Å². The minimum Gasteiger partial charge on any atom is -0.378 e. The van der Waals surface area contributed by atoms with Crippen LogP contribution >= 0.6 is 11.8 Å². The van der Waals surface area contributed by atoms with Gasteiger partial charge in [0, 0.05) is 31.2 Å². The number of carbonyl (C=O) groups excluding carboxylic acids is 1.